The molecule has 3 amide bonds. The fraction of sp³-hybridized carbons (Fsp3) is 0.250. The number of nitrogens with one attached hydrogen (secondary N) is 3. The molecular formula is C20H20F3N3O3. The van der Waals surface area contributed by atoms with E-state index in [0.717, 1.165) is 5.56 Å². The monoisotopic (exact) mass is 407 g/mol. The number of carbonyl (C=O) groups is 3. The predicted molar refractivity (Wildman–Crippen MR) is 101 cm³/mol. The van der Waals surface area contributed by atoms with E-state index in [9.17, 15) is 27.6 Å². The number of carbonyl (C=O) groups excluding carboxylic acids is 3. The summed E-state index contributed by atoms with van der Waals surface area (Å²) >= 11 is 0. The highest BCUT2D eigenvalue weighted by atomic mass is 19.4. The Morgan fingerprint density at radius 2 is 1.59 bits per heavy atom. The van der Waals surface area contributed by atoms with E-state index in [-0.39, 0.29) is 36.5 Å². The van der Waals surface area contributed by atoms with E-state index >= 15 is 0 Å². The summed E-state index contributed by atoms with van der Waals surface area (Å²) < 4.78 is 36.5. The van der Waals surface area contributed by atoms with E-state index in [4.69, 9.17) is 0 Å². The molecule has 6 nitrogen and oxygen atoms in total. The van der Waals surface area contributed by atoms with Crippen LogP contribution < -0.4 is 16.0 Å². The summed E-state index contributed by atoms with van der Waals surface area (Å²) in [5.41, 5.74) is 1.11. The molecule has 2 aromatic rings. The molecule has 29 heavy (non-hydrogen) atoms. The molecule has 0 aliphatic heterocycles. The van der Waals surface area contributed by atoms with Crippen LogP contribution in [0.4, 0.5) is 18.9 Å². The van der Waals surface area contributed by atoms with Gasteiger partial charge in [0.25, 0.3) is 5.91 Å². The van der Waals surface area contributed by atoms with Crippen LogP contribution >= 0.6 is 0 Å². The van der Waals surface area contributed by atoms with Crippen molar-refractivity contribution in [2.24, 2.45) is 0 Å². The van der Waals surface area contributed by atoms with Crippen LogP contribution in [0, 0.1) is 0 Å². The maximum atomic E-state index is 12.2. The smallest absolute Gasteiger partial charge is 0.355 e. The van der Waals surface area contributed by atoms with Crippen molar-refractivity contribution < 1.29 is 27.6 Å². The average molecular weight is 407 g/mol. The molecule has 2 aromatic carbocycles. The molecule has 0 aliphatic rings. The number of halogens is 3. The zero-order valence-corrected chi connectivity index (χ0v) is 15.4. The standard InChI is InChI=1S/C20H20F3N3O3/c21-20(22,23)13-25-19(29)15-7-4-8-16(12-15)26-17(27)9-10-24-18(28)11-14-5-2-1-3-6-14/h1-8,12H,9-11,13H2,(H,24,28)(H,25,29)(H,26,27). The number of amides is 3. The molecule has 0 aliphatic carbocycles. The summed E-state index contributed by atoms with van der Waals surface area (Å²) in [7, 11) is 0. The van der Waals surface area contributed by atoms with Gasteiger partial charge in [0.2, 0.25) is 11.8 Å². The highest BCUT2D eigenvalue weighted by Crippen LogP contribution is 2.14. The van der Waals surface area contributed by atoms with E-state index < -0.39 is 24.5 Å². The van der Waals surface area contributed by atoms with E-state index in [2.05, 4.69) is 10.6 Å². The number of alkyl halides is 3. The molecule has 154 valence electrons. The lowest BCUT2D eigenvalue weighted by Gasteiger charge is -2.10. The summed E-state index contributed by atoms with van der Waals surface area (Å²) in [6.07, 6.45) is -4.30. The van der Waals surface area contributed by atoms with Gasteiger partial charge in [-0.05, 0) is 23.8 Å². The second kappa shape index (κ2) is 10.3. The van der Waals surface area contributed by atoms with Crippen molar-refractivity contribution in [2.75, 3.05) is 18.4 Å². The van der Waals surface area contributed by atoms with Gasteiger partial charge in [-0.3, -0.25) is 14.4 Å². The van der Waals surface area contributed by atoms with Gasteiger partial charge in [-0.2, -0.15) is 13.2 Å². The largest absolute Gasteiger partial charge is 0.405 e. The van der Waals surface area contributed by atoms with Gasteiger partial charge in [0, 0.05) is 24.2 Å². The second-order valence-electron chi connectivity index (χ2n) is 6.19. The minimum absolute atomic E-state index is 0.00499. The van der Waals surface area contributed by atoms with Gasteiger partial charge in [0.05, 0.1) is 6.42 Å². The zero-order chi connectivity index (χ0) is 21.3. The molecule has 0 spiro atoms. The fourth-order valence-electron chi connectivity index (χ4n) is 2.40. The molecule has 0 atom stereocenters. The van der Waals surface area contributed by atoms with Crippen LogP contribution in [0.3, 0.4) is 0 Å². The van der Waals surface area contributed by atoms with Gasteiger partial charge in [-0.15, -0.1) is 0 Å². The Bertz CT molecular complexity index is 855. The first kappa shape index (κ1) is 21.9. The molecule has 0 saturated heterocycles. The topological polar surface area (TPSA) is 87.3 Å². The molecule has 0 bridgehead atoms. The minimum Gasteiger partial charge on any atom is -0.355 e. The molecule has 0 heterocycles. The van der Waals surface area contributed by atoms with Crippen LogP contribution in [-0.4, -0.2) is 37.0 Å². The van der Waals surface area contributed by atoms with E-state index in [1.807, 2.05) is 30.3 Å². The molecule has 2 rings (SSSR count). The molecule has 0 aromatic heterocycles. The van der Waals surface area contributed by atoms with Crippen molar-refractivity contribution in [2.45, 2.75) is 19.0 Å². The second-order valence-corrected chi connectivity index (χ2v) is 6.19. The van der Waals surface area contributed by atoms with Gasteiger partial charge >= 0.3 is 6.18 Å². The number of benzene rings is 2. The normalized spacial score (nSPS) is 10.9. The zero-order valence-electron chi connectivity index (χ0n) is 15.4. The first-order valence-corrected chi connectivity index (χ1v) is 8.78. The quantitative estimate of drug-likeness (QED) is 0.629. The number of anilines is 1. The Balaban J connectivity index is 1.77. The van der Waals surface area contributed by atoms with Crippen molar-refractivity contribution in [1.82, 2.24) is 10.6 Å². The molecule has 0 fully saturated rings. The van der Waals surface area contributed by atoms with Crippen molar-refractivity contribution in [1.29, 1.82) is 0 Å². The molecule has 0 radical (unpaired) electrons. The van der Waals surface area contributed by atoms with E-state index in [0.29, 0.717) is 0 Å². The lowest BCUT2D eigenvalue weighted by atomic mass is 10.1. The van der Waals surface area contributed by atoms with Crippen LogP contribution in [0.1, 0.15) is 22.3 Å². The maximum Gasteiger partial charge on any atom is 0.405 e. The Labute approximate surface area is 165 Å². The highest BCUT2D eigenvalue weighted by Gasteiger charge is 2.27. The van der Waals surface area contributed by atoms with Crippen LogP contribution in [0.2, 0.25) is 0 Å². The Kier molecular flexibility index (Phi) is 7.76. The average Bonchev–Trinajstić information content (AvgIpc) is 2.66. The third kappa shape index (κ3) is 8.46. The Hall–Kier alpha value is -3.36. The number of rotatable bonds is 8. The first-order valence-electron chi connectivity index (χ1n) is 8.78. The lowest BCUT2D eigenvalue weighted by molar-refractivity contribution is -0.123. The third-order valence-electron chi connectivity index (χ3n) is 3.74. The SMILES string of the molecule is O=C(Cc1ccccc1)NCCC(=O)Nc1cccc(C(=O)NCC(F)(F)F)c1. The fourth-order valence-corrected chi connectivity index (χ4v) is 2.40. The summed E-state index contributed by atoms with van der Waals surface area (Å²) in [6, 6.07) is 14.7. The Morgan fingerprint density at radius 1 is 0.862 bits per heavy atom. The Morgan fingerprint density at radius 3 is 2.28 bits per heavy atom. The van der Waals surface area contributed by atoms with Crippen LogP contribution in [-0.2, 0) is 16.0 Å². The summed E-state index contributed by atoms with van der Waals surface area (Å²) in [5, 5.41) is 6.94. The molecule has 3 N–H and O–H groups in total. The summed E-state index contributed by atoms with van der Waals surface area (Å²) in [5.74, 6) is -1.52. The summed E-state index contributed by atoms with van der Waals surface area (Å²) in [6.45, 7) is -1.31. The maximum absolute atomic E-state index is 12.2. The van der Waals surface area contributed by atoms with Crippen LogP contribution in [0.5, 0.6) is 0 Å². The van der Waals surface area contributed by atoms with Gasteiger partial charge in [-0.25, -0.2) is 0 Å². The predicted octanol–water partition coefficient (Wildman–Crippen LogP) is 2.67. The van der Waals surface area contributed by atoms with E-state index in [1.54, 1.807) is 5.32 Å². The van der Waals surface area contributed by atoms with Crippen molar-refractivity contribution >= 4 is 23.4 Å². The van der Waals surface area contributed by atoms with Gasteiger partial charge < -0.3 is 16.0 Å². The number of hydrogen-bond acceptors (Lipinski definition) is 3. The van der Waals surface area contributed by atoms with Gasteiger partial charge in [0.15, 0.2) is 0 Å². The lowest BCUT2D eigenvalue weighted by Crippen LogP contribution is -2.33. The van der Waals surface area contributed by atoms with Gasteiger partial charge in [-0.1, -0.05) is 36.4 Å². The first-order chi connectivity index (χ1) is 13.7. The molecular weight excluding hydrogens is 387 g/mol. The van der Waals surface area contributed by atoms with Crippen LogP contribution in [0.25, 0.3) is 0 Å². The summed E-state index contributed by atoms with van der Waals surface area (Å²) in [4.78, 5) is 35.6. The minimum atomic E-state index is -4.51. The third-order valence-corrected chi connectivity index (χ3v) is 3.74. The van der Waals surface area contributed by atoms with Crippen molar-refractivity contribution in [3.63, 3.8) is 0 Å². The molecule has 0 saturated carbocycles. The molecule has 9 heteroatoms. The van der Waals surface area contributed by atoms with E-state index in [1.165, 1.54) is 24.3 Å². The van der Waals surface area contributed by atoms with Gasteiger partial charge in [0.1, 0.15) is 6.54 Å². The van der Waals surface area contributed by atoms with Crippen LogP contribution in [0.15, 0.2) is 54.6 Å². The highest BCUT2D eigenvalue weighted by molar-refractivity contribution is 5.97. The van der Waals surface area contributed by atoms with Crippen molar-refractivity contribution in [3.05, 3.63) is 65.7 Å². The molecule has 0 unspecified atom stereocenters. The number of hydrogen-bond donors (Lipinski definition) is 3. The van der Waals surface area contributed by atoms with Crippen molar-refractivity contribution in [3.8, 4) is 0 Å².